The smallest absolute Gasteiger partial charge is 0.120 e. The Hall–Kier alpha value is -2.06. The molecule has 2 nitrogen and oxygen atoms in total. The molecule has 68 valence electrons. The summed E-state index contributed by atoms with van der Waals surface area (Å²) in [5.41, 5.74) is 1.50. The van der Waals surface area contributed by atoms with E-state index in [0.717, 1.165) is 11.8 Å². The number of aldehydes is 1. The number of nitriles is 1. The highest BCUT2D eigenvalue weighted by atomic mass is 16.1. The van der Waals surface area contributed by atoms with Gasteiger partial charge in [0, 0.05) is 18.4 Å². The van der Waals surface area contributed by atoms with Crippen LogP contribution in [0, 0.1) is 23.2 Å². The molecule has 0 saturated heterocycles. The van der Waals surface area contributed by atoms with Crippen LogP contribution in [0.2, 0.25) is 0 Å². The maximum Gasteiger partial charge on any atom is 0.120 e. The molecule has 0 aliphatic rings. The van der Waals surface area contributed by atoms with Crippen LogP contribution < -0.4 is 0 Å². The molecule has 0 heterocycles. The molecule has 0 unspecified atom stereocenters. The fourth-order valence-corrected chi connectivity index (χ4v) is 0.924. The summed E-state index contributed by atoms with van der Waals surface area (Å²) in [6, 6.07) is 9.08. The van der Waals surface area contributed by atoms with Gasteiger partial charge in [-0.1, -0.05) is 11.8 Å². The lowest BCUT2D eigenvalue weighted by Gasteiger charge is -1.89. The minimum absolute atomic E-state index is 0.475. The van der Waals surface area contributed by atoms with Crippen molar-refractivity contribution >= 4 is 6.29 Å². The molecular weight excluding hydrogens is 174 g/mol. The number of unbranched alkanes of at least 4 members (excludes halogenated alkanes) is 1. The third-order valence-electron chi connectivity index (χ3n) is 1.63. The number of nitrogens with zero attached hydrogens (tertiary/aromatic N) is 1. The first-order valence-corrected chi connectivity index (χ1v) is 4.29. The van der Waals surface area contributed by atoms with Crippen molar-refractivity contribution in [3.63, 3.8) is 0 Å². The maximum atomic E-state index is 10.00. The first-order valence-electron chi connectivity index (χ1n) is 4.29. The minimum atomic E-state index is 0.475. The van der Waals surface area contributed by atoms with Crippen LogP contribution in [0.1, 0.15) is 24.0 Å². The van der Waals surface area contributed by atoms with Crippen molar-refractivity contribution in [3.8, 4) is 17.9 Å². The van der Waals surface area contributed by atoms with Gasteiger partial charge in [0.15, 0.2) is 0 Å². The third-order valence-corrected chi connectivity index (χ3v) is 1.63. The van der Waals surface area contributed by atoms with Crippen LogP contribution in [0.15, 0.2) is 24.3 Å². The van der Waals surface area contributed by atoms with Gasteiger partial charge in [-0.05, 0) is 24.3 Å². The Bertz CT molecular complexity index is 401. The monoisotopic (exact) mass is 183 g/mol. The lowest BCUT2D eigenvalue weighted by Crippen LogP contribution is -1.77. The zero-order valence-electron chi connectivity index (χ0n) is 7.66. The second-order valence-electron chi connectivity index (χ2n) is 2.70. The molecule has 0 aliphatic heterocycles. The van der Waals surface area contributed by atoms with Crippen molar-refractivity contribution in [1.82, 2.24) is 0 Å². The number of carbonyl (C=O) groups excluding carboxylic acids is 1. The first-order chi connectivity index (χ1) is 6.86. The van der Waals surface area contributed by atoms with Gasteiger partial charge in [0.05, 0.1) is 11.6 Å². The first kappa shape index (κ1) is 10.0. The lowest BCUT2D eigenvalue weighted by atomic mass is 10.1. The molecule has 1 rings (SSSR count). The van der Waals surface area contributed by atoms with Crippen LogP contribution in [0.3, 0.4) is 0 Å². The maximum absolute atomic E-state index is 10.00. The highest BCUT2D eigenvalue weighted by Crippen LogP contribution is 2.01. The quantitative estimate of drug-likeness (QED) is 0.399. The molecule has 0 radical (unpaired) electrons. The van der Waals surface area contributed by atoms with E-state index in [1.165, 1.54) is 0 Å². The Kier molecular flexibility index (Phi) is 3.98. The molecule has 0 atom stereocenters. The number of hydrogen-bond acceptors (Lipinski definition) is 2. The number of rotatable bonds is 2. The van der Waals surface area contributed by atoms with Crippen molar-refractivity contribution in [3.05, 3.63) is 35.4 Å². The fourth-order valence-electron chi connectivity index (χ4n) is 0.924. The molecule has 0 amide bonds. The Morgan fingerprint density at radius 2 is 1.86 bits per heavy atom. The highest BCUT2D eigenvalue weighted by Gasteiger charge is 1.88. The second-order valence-corrected chi connectivity index (χ2v) is 2.70. The number of carbonyl (C=O) groups is 1. The van der Waals surface area contributed by atoms with Crippen molar-refractivity contribution in [2.24, 2.45) is 0 Å². The number of benzene rings is 1. The highest BCUT2D eigenvalue weighted by molar-refractivity contribution is 5.50. The predicted octanol–water partition coefficient (Wildman–Crippen LogP) is 1.89. The average molecular weight is 183 g/mol. The third kappa shape index (κ3) is 3.13. The van der Waals surface area contributed by atoms with E-state index in [-0.39, 0.29) is 0 Å². The van der Waals surface area contributed by atoms with Crippen LogP contribution in [0.4, 0.5) is 0 Å². The summed E-state index contributed by atoms with van der Waals surface area (Å²) in [6.07, 6.45) is 1.92. The SMILES string of the molecule is N#Cc1ccc(C#CCCC=O)cc1. The molecule has 0 bridgehead atoms. The van der Waals surface area contributed by atoms with Gasteiger partial charge >= 0.3 is 0 Å². The fraction of sp³-hybridized carbons (Fsp3) is 0.167. The Balaban J connectivity index is 2.63. The van der Waals surface area contributed by atoms with Crippen molar-refractivity contribution in [2.75, 3.05) is 0 Å². The van der Waals surface area contributed by atoms with E-state index in [2.05, 4.69) is 11.8 Å². The molecule has 0 fully saturated rings. The zero-order valence-corrected chi connectivity index (χ0v) is 7.66. The summed E-state index contributed by atoms with van der Waals surface area (Å²) in [7, 11) is 0. The van der Waals surface area contributed by atoms with Crippen molar-refractivity contribution in [2.45, 2.75) is 12.8 Å². The van der Waals surface area contributed by atoms with Crippen LogP contribution in [0.25, 0.3) is 0 Å². The molecule has 0 spiro atoms. The van der Waals surface area contributed by atoms with Crippen molar-refractivity contribution in [1.29, 1.82) is 5.26 Å². The van der Waals surface area contributed by atoms with Gasteiger partial charge < -0.3 is 4.79 Å². The van der Waals surface area contributed by atoms with Gasteiger partial charge in [-0.3, -0.25) is 0 Å². The number of hydrogen-bond donors (Lipinski definition) is 0. The topological polar surface area (TPSA) is 40.9 Å². The summed E-state index contributed by atoms with van der Waals surface area (Å²) < 4.78 is 0. The summed E-state index contributed by atoms with van der Waals surface area (Å²) in [6.45, 7) is 0. The van der Waals surface area contributed by atoms with Crippen LogP contribution >= 0.6 is 0 Å². The standard InChI is InChI=1S/C12H9NO/c13-10-12-7-5-11(6-8-12)4-2-1-3-9-14/h5-9H,1,3H2. The van der Waals surface area contributed by atoms with E-state index in [0.29, 0.717) is 18.4 Å². The zero-order chi connectivity index (χ0) is 10.2. The van der Waals surface area contributed by atoms with Gasteiger partial charge in [-0.25, -0.2) is 0 Å². The summed E-state index contributed by atoms with van der Waals surface area (Å²) in [5, 5.41) is 8.55. The van der Waals surface area contributed by atoms with Gasteiger partial charge in [0.25, 0.3) is 0 Å². The summed E-state index contributed by atoms with van der Waals surface area (Å²) >= 11 is 0. The van der Waals surface area contributed by atoms with E-state index in [9.17, 15) is 4.79 Å². The largest absolute Gasteiger partial charge is 0.303 e. The van der Waals surface area contributed by atoms with E-state index < -0.39 is 0 Å². The van der Waals surface area contributed by atoms with Gasteiger partial charge in [-0.15, -0.1) is 0 Å². The Morgan fingerprint density at radius 1 is 1.21 bits per heavy atom. The normalized spacial score (nSPS) is 8.21. The van der Waals surface area contributed by atoms with Gasteiger partial charge in [0.2, 0.25) is 0 Å². The van der Waals surface area contributed by atoms with E-state index in [1.54, 1.807) is 24.3 Å². The summed E-state index contributed by atoms with van der Waals surface area (Å²) in [5.74, 6) is 5.79. The molecule has 1 aromatic rings. The molecule has 14 heavy (non-hydrogen) atoms. The molecular formula is C12H9NO. The Labute approximate surface area is 83.2 Å². The van der Waals surface area contributed by atoms with Crippen LogP contribution in [-0.4, -0.2) is 6.29 Å². The van der Waals surface area contributed by atoms with Crippen LogP contribution in [0.5, 0.6) is 0 Å². The predicted molar refractivity (Wildman–Crippen MR) is 53.3 cm³/mol. The molecule has 2 heteroatoms. The van der Waals surface area contributed by atoms with E-state index in [1.807, 2.05) is 6.07 Å². The summed E-state index contributed by atoms with van der Waals surface area (Å²) in [4.78, 5) is 10.00. The lowest BCUT2D eigenvalue weighted by molar-refractivity contribution is -0.107. The average Bonchev–Trinajstić information content (AvgIpc) is 2.25. The molecule has 1 aromatic carbocycles. The minimum Gasteiger partial charge on any atom is -0.303 e. The van der Waals surface area contributed by atoms with E-state index in [4.69, 9.17) is 5.26 Å². The van der Waals surface area contributed by atoms with Gasteiger partial charge in [0.1, 0.15) is 6.29 Å². The second kappa shape index (κ2) is 5.56. The van der Waals surface area contributed by atoms with Crippen molar-refractivity contribution < 1.29 is 4.79 Å². The Morgan fingerprint density at radius 3 is 2.43 bits per heavy atom. The molecule has 0 N–H and O–H groups in total. The van der Waals surface area contributed by atoms with E-state index >= 15 is 0 Å². The molecule has 0 aromatic heterocycles. The van der Waals surface area contributed by atoms with Crippen LogP contribution in [-0.2, 0) is 4.79 Å². The molecule has 0 saturated carbocycles. The molecule has 0 aliphatic carbocycles. The van der Waals surface area contributed by atoms with Gasteiger partial charge in [-0.2, -0.15) is 5.26 Å².